The van der Waals surface area contributed by atoms with E-state index in [-0.39, 0.29) is 5.91 Å². The third-order valence-electron chi connectivity index (χ3n) is 2.38. The minimum Gasteiger partial charge on any atom is -0.286 e. The molecule has 0 N–H and O–H groups in total. The van der Waals surface area contributed by atoms with Crippen LogP contribution in [0, 0.1) is 0 Å². The molecule has 14 heavy (non-hydrogen) atoms. The van der Waals surface area contributed by atoms with Crippen molar-refractivity contribution in [3.8, 4) is 0 Å². The van der Waals surface area contributed by atoms with E-state index in [0.29, 0.717) is 18.2 Å². The number of rotatable bonds is 2. The Balaban J connectivity index is 2.23. The summed E-state index contributed by atoms with van der Waals surface area (Å²) in [6, 6.07) is 0. The fourth-order valence-corrected chi connectivity index (χ4v) is 2.70. The summed E-state index contributed by atoms with van der Waals surface area (Å²) >= 11 is 7.21. The van der Waals surface area contributed by atoms with Gasteiger partial charge in [-0.2, -0.15) is 0 Å². The van der Waals surface area contributed by atoms with E-state index in [9.17, 15) is 4.79 Å². The highest BCUT2D eigenvalue weighted by atomic mass is 35.5. The number of carbonyl (C=O) groups excluding carboxylic acids is 1. The van der Waals surface area contributed by atoms with Crippen molar-refractivity contribution < 1.29 is 4.79 Å². The van der Waals surface area contributed by atoms with E-state index in [4.69, 9.17) is 11.6 Å². The summed E-state index contributed by atoms with van der Waals surface area (Å²) in [5.74, 6) is 1.28. The molecule has 0 aromatic rings. The van der Waals surface area contributed by atoms with Crippen LogP contribution in [0.15, 0.2) is 16.3 Å². The molecule has 76 valence electrons. The summed E-state index contributed by atoms with van der Waals surface area (Å²) in [5, 5.41) is 0.853. The van der Waals surface area contributed by atoms with E-state index in [1.807, 2.05) is 6.92 Å². The summed E-state index contributed by atoms with van der Waals surface area (Å²) in [4.78, 5) is 17.6. The van der Waals surface area contributed by atoms with E-state index in [1.165, 1.54) is 17.3 Å². The Morgan fingerprint density at radius 1 is 1.64 bits per heavy atom. The molecule has 1 amide bonds. The van der Waals surface area contributed by atoms with Crippen LogP contribution in [-0.2, 0) is 4.79 Å². The van der Waals surface area contributed by atoms with Crippen LogP contribution < -0.4 is 0 Å². The first-order chi connectivity index (χ1) is 6.72. The average Bonchev–Trinajstić information content (AvgIpc) is 2.49. The van der Waals surface area contributed by atoms with Gasteiger partial charge in [0.1, 0.15) is 0 Å². The molecular weight excluding hydrogens is 220 g/mol. The van der Waals surface area contributed by atoms with Crippen molar-refractivity contribution in [1.82, 2.24) is 4.90 Å². The first-order valence-electron chi connectivity index (χ1n) is 4.49. The van der Waals surface area contributed by atoms with Gasteiger partial charge in [-0.05, 0) is 18.9 Å². The fourth-order valence-electron chi connectivity index (χ4n) is 1.54. The molecule has 0 saturated carbocycles. The van der Waals surface area contributed by atoms with Gasteiger partial charge in [-0.15, -0.1) is 11.6 Å². The Labute approximate surface area is 92.2 Å². The van der Waals surface area contributed by atoms with Crippen LogP contribution in [0.4, 0.5) is 0 Å². The molecule has 0 aliphatic carbocycles. The van der Waals surface area contributed by atoms with Crippen molar-refractivity contribution in [1.29, 1.82) is 0 Å². The second-order valence-electron chi connectivity index (χ2n) is 3.29. The molecule has 0 aromatic heterocycles. The number of alkyl halides is 1. The van der Waals surface area contributed by atoms with Crippen LogP contribution in [0.3, 0.4) is 0 Å². The number of hydrogen-bond donors (Lipinski definition) is 0. The van der Waals surface area contributed by atoms with Crippen LogP contribution >= 0.6 is 23.4 Å². The van der Waals surface area contributed by atoms with Gasteiger partial charge in [0, 0.05) is 11.6 Å². The minimum absolute atomic E-state index is 0.160. The van der Waals surface area contributed by atoms with Gasteiger partial charge in [0.15, 0.2) is 5.17 Å². The van der Waals surface area contributed by atoms with Gasteiger partial charge in [0.25, 0.3) is 0 Å². The zero-order valence-electron chi connectivity index (χ0n) is 7.92. The molecule has 2 aliphatic rings. The van der Waals surface area contributed by atoms with E-state index in [2.05, 4.69) is 4.99 Å². The number of carbonyl (C=O) groups is 1. The number of amides is 1. The number of amidine groups is 1. The van der Waals surface area contributed by atoms with E-state index >= 15 is 0 Å². The lowest BCUT2D eigenvalue weighted by atomic mass is 10.1. The molecule has 1 fully saturated rings. The molecular formula is C9H11ClN2OS. The standard InChI is InChI=1S/C9H11ClN2OS/c1-6-7(2-3-10)4-12-8(13)5-14-9(12)11-6/h2-5H2,1H3. The summed E-state index contributed by atoms with van der Waals surface area (Å²) in [6.45, 7) is 2.67. The normalized spacial score (nSPS) is 21.4. The first kappa shape index (κ1) is 10.1. The molecule has 1 saturated heterocycles. The maximum Gasteiger partial charge on any atom is 0.239 e. The lowest BCUT2D eigenvalue weighted by Crippen LogP contribution is -2.34. The Hall–Kier alpha value is -0.480. The number of thioether (sulfide) groups is 1. The van der Waals surface area contributed by atoms with E-state index in [0.717, 1.165) is 17.3 Å². The Bertz CT molecular complexity index is 338. The van der Waals surface area contributed by atoms with Gasteiger partial charge in [-0.3, -0.25) is 9.69 Å². The smallest absolute Gasteiger partial charge is 0.239 e. The second kappa shape index (κ2) is 3.95. The lowest BCUT2D eigenvalue weighted by Gasteiger charge is -2.23. The molecule has 0 unspecified atom stereocenters. The zero-order valence-corrected chi connectivity index (χ0v) is 9.49. The monoisotopic (exact) mass is 230 g/mol. The predicted molar refractivity (Wildman–Crippen MR) is 59.6 cm³/mol. The largest absolute Gasteiger partial charge is 0.286 e. The molecule has 5 heteroatoms. The Kier molecular flexibility index (Phi) is 2.83. The number of nitrogens with zero attached hydrogens (tertiary/aromatic N) is 2. The SMILES string of the molecule is CC1=C(CCCl)CN2C(=O)CSC2=N1. The third-order valence-corrected chi connectivity index (χ3v) is 3.53. The predicted octanol–water partition coefficient (Wildman–Crippen LogP) is 1.83. The first-order valence-corrected chi connectivity index (χ1v) is 6.01. The topological polar surface area (TPSA) is 32.7 Å². The molecule has 0 aromatic carbocycles. The zero-order chi connectivity index (χ0) is 10.1. The van der Waals surface area contributed by atoms with Crippen molar-refractivity contribution in [3.63, 3.8) is 0 Å². The van der Waals surface area contributed by atoms with Gasteiger partial charge in [0.2, 0.25) is 5.91 Å². The highest BCUT2D eigenvalue weighted by molar-refractivity contribution is 8.15. The van der Waals surface area contributed by atoms with Crippen molar-refractivity contribution in [2.75, 3.05) is 18.2 Å². The second-order valence-corrected chi connectivity index (χ2v) is 4.61. The molecule has 3 nitrogen and oxygen atoms in total. The Morgan fingerprint density at radius 3 is 3.14 bits per heavy atom. The molecule has 2 heterocycles. The number of allylic oxidation sites excluding steroid dienone is 1. The molecule has 2 rings (SSSR count). The van der Waals surface area contributed by atoms with Crippen LogP contribution in [0.25, 0.3) is 0 Å². The van der Waals surface area contributed by atoms with E-state index in [1.54, 1.807) is 4.90 Å². The number of halogens is 1. The van der Waals surface area contributed by atoms with Gasteiger partial charge in [-0.1, -0.05) is 11.8 Å². The molecule has 0 bridgehead atoms. The van der Waals surface area contributed by atoms with Gasteiger partial charge in [-0.25, -0.2) is 4.99 Å². The maximum atomic E-state index is 11.4. The van der Waals surface area contributed by atoms with E-state index < -0.39 is 0 Å². The van der Waals surface area contributed by atoms with Crippen molar-refractivity contribution in [2.45, 2.75) is 13.3 Å². The Morgan fingerprint density at radius 2 is 2.43 bits per heavy atom. The highest BCUT2D eigenvalue weighted by Crippen LogP contribution is 2.28. The van der Waals surface area contributed by atoms with Gasteiger partial charge < -0.3 is 0 Å². The number of fused-ring (bicyclic) bond motifs is 1. The maximum absolute atomic E-state index is 11.4. The van der Waals surface area contributed by atoms with Crippen LogP contribution in [0.2, 0.25) is 0 Å². The van der Waals surface area contributed by atoms with Crippen LogP contribution in [-0.4, -0.2) is 34.2 Å². The van der Waals surface area contributed by atoms with Crippen molar-refractivity contribution in [3.05, 3.63) is 11.3 Å². The summed E-state index contributed by atoms with van der Waals surface area (Å²) in [7, 11) is 0. The van der Waals surface area contributed by atoms with Crippen LogP contribution in [0.1, 0.15) is 13.3 Å². The third kappa shape index (κ3) is 1.68. The average molecular weight is 231 g/mol. The summed E-state index contributed by atoms with van der Waals surface area (Å²) < 4.78 is 0. The molecule has 0 radical (unpaired) electrons. The fraction of sp³-hybridized carbons (Fsp3) is 0.556. The van der Waals surface area contributed by atoms with Crippen molar-refractivity contribution >= 4 is 34.4 Å². The molecule has 0 atom stereocenters. The molecule has 2 aliphatic heterocycles. The molecule has 0 spiro atoms. The lowest BCUT2D eigenvalue weighted by molar-refractivity contribution is -0.123. The highest BCUT2D eigenvalue weighted by Gasteiger charge is 2.31. The quantitative estimate of drug-likeness (QED) is 0.678. The number of hydrogen-bond acceptors (Lipinski definition) is 3. The van der Waals surface area contributed by atoms with Crippen LogP contribution in [0.5, 0.6) is 0 Å². The van der Waals surface area contributed by atoms with Crippen molar-refractivity contribution in [2.24, 2.45) is 4.99 Å². The van der Waals surface area contributed by atoms with Gasteiger partial charge in [0.05, 0.1) is 12.3 Å². The number of aliphatic imine (C=N–C) groups is 1. The summed E-state index contributed by atoms with van der Waals surface area (Å²) in [5.41, 5.74) is 2.21. The minimum atomic E-state index is 0.160. The summed E-state index contributed by atoms with van der Waals surface area (Å²) in [6.07, 6.45) is 0.818. The van der Waals surface area contributed by atoms with Gasteiger partial charge >= 0.3 is 0 Å².